The summed E-state index contributed by atoms with van der Waals surface area (Å²) in [6, 6.07) is 7.30. The van der Waals surface area contributed by atoms with Crippen LogP contribution in [0.3, 0.4) is 0 Å². The topological polar surface area (TPSA) is 77.9 Å². The molecule has 23 heavy (non-hydrogen) atoms. The first-order chi connectivity index (χ1) is 10.6. The predicted molar refractivity (Wildman–Crippen MR) is 89.1 cm³/mol. The van der Waals surface area contributed by atoms with Gasteiger partial charge < -0.3 is 14.9 Å². The number of carboxylic acids is 1. The van der Waals surface area contributed by atoms with Crippen molar-refractivity contribution in [2.75, 3.05) is 18.5 Å². The van der Waals surface area contributed by atoms with Gasteiger partial charge in [0.05, 0.1) is 5.92 Å². The van der Waals surface area contributed by atoms with Gasteiger partial charge in [-0.1, -0.05) is 22.0 Å². The molecule has 1 aliphatic rings. The summed E-state index contributed by atoms with van der Waals surface area (Å²) >= 11 is 3.36. The lowest BCUT2D eigenvalue weighted by Gasteiger charge is -2.33. The Balaban J connectivity index is 2.16. The van der Waals surface area contributed by atoms with Crippen molar-refractivity contribution in [3.05, 3.63) is 28.7 Å². The second kappa shape index (κ2) is 6.31. The molecule has 0 aliphatic carbocycles. The lowest BCUT2D eigenvalue weighted by atomic mass is 10.00. The summed E-state index contributed by atoms with van der Waals surface area (Å²) in [4.78, 5) is 38.9. The molecule has 2 rings (SSSR count). The van der Waals surface area contributed by atoms with Crippen LogP contribution < -0.4 is 4.90 Å². The standard InChI is InChI=1S/C16H19BrN2O4/c1-16(2,15(22)23)18(3)14(21)10-7-13(20)19(9-10)12-6-4-5-11(17)8-12/h4-6,8,10H,7,9H2,1-3H3,(H,22,23). The van der Waals surface area contributed by atoms with Gasteiger partial charge in [-0.25, -0.2) is 4.79 Å². The van der Waals surface area contributed by atoms with Gasteiger partial charge in [-0.05, 0) is 32.0 Å². The highest BCUT2D eigenvalue weighted by molar-refractivity contribution is 9.10. The molecule has 124 valence electrons. The number of aliphatic carboxylic acids is 1. The molecule has 1 saturated heterocycles. The summed E-state index contributed by atoms with van der Waals surface area (Å²) in [5.74, 6) is -2.09. The van der Waals surface area contributed by atoms with Gasteiger partial charge >= 0.3 is 5.97 Å². The van der Waals surface area contributed by atoms with E-state index in [1.807, 2.05) is 18.2 Å². The highest BCUT2D eigenvalue weighted by atomic mass is 79.9. The maximum Gasteiger partial charge on any atom is 0.329 e. The van der Waals surface area contributed by atoms with Crippen LogP contribution in [0.15, 0.2) is 28.7 Å². The average molecular weight is 383 g/mol. The smallest absolute Gasteiger partial charge is 0.329 e. The van der Waals surface area contributed by atoms with Crippen LogP contribution in [0.1, 0.15) is 20.3 Å². The molecule has 1 fully saturated rings. The van der Waals surface area contributed by atoms with Gasteiger partial charge in [0.15, 0.2) is 0 Å². The zero-order valence-electron chi connectivity index (χ0n) is 13.2. The number of hydrogen-bond acceptors (Lipinski definition) is 3. The quantitative estimate of drug-likeness (QED) is 0.864. The fraction of sp³-hybridized carbons (Fsp3) is 0.438. The fourth-order valence-electron chi connectivity index (χ4n) is 2.46. The van der Waals surface area contributed by atoms with Gasteiger partial charge in [-0.15, -0.1) is 0 Å². The van der Waals surface area contributed by atoms with Crippen LogP contribution in [-0.4, -0.2) is 46.9 Å². The van der Waals surface area contributed by atoms with Gasteiger partial charge in [0.2, 0.25) is 11.8 Å². The van der Waals surface area contributed by atoms with E-state index in [9.17, 15) is 19.5 Å². The van der Waals surface area contributed by atoms with E-state index in [1.54, 1.807) is 11.0 Å². The Hall–Kier alpha value is -1.89. The Morgan fingerprint density at radius 1 is 1.39 bits per heavy atom. The third kappa shape index (κ3) is 3.39. The van der Waals surface area contributed by atoms with Gasteiger partial charge in [0.25, 0.3) is 0 Å². The first-order valence-corrected chi connectivity index (χ1v) is 8.01. The molecule has 1 unspecified atom stereocenters. The van der Waals surface area contributed by atoms with Crippen molar-refractivity contribution < 1.29 is 19.5 Å². The number of rotatable bonds is 4. The minimum atomic E-state index is -1.32. The lowest BCUT2D eigenvalue weighted by molar-refractivity contribution is -0.156. The van der Waals surface area contributed by atoms with E-state index in [0.29, 0.717) is 0 Å². The first kappa shape index (κ1) is 17.5. The molecular weight excluding hydrogens is 364 g/mol. The summed E-state index contributed by atoms with van der Waals surface area (Å²) in [5.41, 5.74) is -0.594. The molecule has 0 spiro atoms. The molecule has 6 nitrogen and oxygen atoms in total. The predicted octanol–water partition coefficient (Wildman–Crippen LogP) is 2.12. The third-order valence-electron chi connectivity index (χ3n) is 4.29. The maximum atomic E-state index is 12.6. The number of hydrogen-bond donors (Lipinski definition) is 1. The number of nitrogens with zero attached hydrogens (tertiary/aromatic N) is 2. The minimum Gasteiger partial charge on any atom is -0.480 e. The number of amides is 2. The van der Waals surface area contributed by atoms with Gasteiger partial charge in [-0.2, -0.15) is 0 Å². The molecular formula is C16H19BrN2O4. The van der Waals surface area contributed by atoms with Crippen molar-refractivity contribution in [2.24, 2.45) is 5.92 Å². The molecule has 2 amide bonds. The van der Waals surface area contributed by atoms with Crippen molar-refractivity contribution in [2.45, 2.75) is 25.8 Å². The molecule has 0 aromatic heterocycles. The molecule has 0 saturated carbocycles. The van der Waals surface area contributed by atoms with Crippen LogP contribution in [0.5, 0.6) is 0 Å². The molecule has 0 bridgehead atoms. The van der Waals surface area contributed by atoms with Crippen LogP contribution in [0.4, 0.5) is 5.69 Å². The second-order valence-corrected chi connectivity index (χ2v) is 7.06. The molecule has 0 radical (unpaired) electrons. The Kier molecular flexibility index (Phi) is 4.79. The van der Waals surface area contributed by atoms with Crippen molar-refractivity contribution >= 4 is 39.4 Å². The van der Waals surface area contributed by atoms with Crippen molar-refractivity contribution in [1.29, 1.82) is 0 Å². The van der Waals surface area contributed by atoms with Gasteiger partial charge in [0.1, 0.15) is 5.54 Å². The van der Waals surface area contributed by atoms with E-state index < -0.39 is 17.4 Å². The number of carboxylic acid groups (broad SMARTS) is 1. The molecule has 7 heteroatoms. The van der Waals surface area contributed by atoms with Crippen LogP contribution in [0, 0.1) is 5.92 Å². The van der Waals surface area contributed by atoms with Crippen molar-refractivity contribution in [1.82, 2.24) is 4.90 Å². The van der Waals surface area contributed by atoms with E-state index >= 15 is 0 Å². The molecule has 1 atom stereocenters. The van der Waals surface area contributed by atoms with Crippen molar-refractivity contribution in [3.63, 3.8) is 0 Å². The Morgan fingerprint density at radius 2 is 2.04 bits per heavy atom. The summed E-state index contributed by atoms with van der Waals surface area (Å²) in [6.07, 6.45) is 0.0887. The second-order valence-electron chi connectivity index (χ2n) is 6.15. The van der Waals surface area contributed by atoms with E-state index in [1.165, 1.54) is 25.8 Å². The summed E-state index contributed by atoms with van der Waals surface area (Å²) in [5, 5.41) is 9.24. The Morgan fingerprint density at radius 3 is 2.61 bits per heavy atom. The van der Waals surface area contributed by atoms with E-state index in [2.05, 4.69) is 15.9 Å². The molecule has 1 aliphatic heterocycles. The molecule has 1 heterocycles. The fourth-order valence-corrected chi connectivity index (χ4v) is 2.85. The number of anilines is 1. The van der Waals surface area contributed by atoms with E-state index in [4.69, 9.17) is 0 Å². The van der Waals surface area contributed by atoms with Crippen LogP contribution in [0.2, 0.25) is 0 Å². The number of carbonyl (C=O) groups is 3. The average Bonchev–Trinajstić information content (AvgIpc) is 2.87. The summed E-state index contributed by atoms with van der Waals surface area (Å²) < 4.78 is 0.849. The van der Waals surface area contributed by atoms with Crippen LogP contribution in [0.25, 0.3) is 0 Å². The maximum absolute atomic E-state index is 12.6. The number of carbonyl (C=O) groups excluding carboxylic acids is 2. The Bertz CT molecular complexity index is 659. The lowest BCUT2D eigenvalue weighted by Crippen LogP contribution is -2.52. The largest absolute Gasteiger partial charge is 0.480 e. The Labute approximate surface area is 143 Å². The normalized spacial score (nSPS) is 18.2. The third-order valence-corrected chi connectivity index (χ3v) is 4.78. The number of likely N-dealkylation sites (N-methyl/N-ethyl adjacent to an activating group) is 1. The van der Waals surface area contributed by atoms with Crippen LogP contribution in [-0.2, 0) is 14.4 Å². The number of benzene rings is 1. The minimum absolute atomic E-state index is 0.0887. The highest BCUT2D eigenvalue weighted by Crippen LogP contribution is 2.29. The highest BCUT2D eigenvalue weighted by Gasteiger charge is 2.42. The molecule has 1 aromatic rings. The zero-order valence-corrected chi connectivity index (χ0v) is 14.8. The molecule has 1 aromatic carbocycles. The summed E-state index contributed by atoms with van der Waals surface area (Å²) in [7, 11) is 1.46. The monoisotopic (exact) mass is 382 g/mol. The first-order valence-electron chi connectivity index (χ1n) is 7.21. The summed E-state index contributed by atoms with van der Waals surface area (Å²) in [6.45, 7) is 3.19. The van der Waals surface area contributed by atoms with E-state index in [0.717, 1.165) is 10.2 Å². The van der Waals surface area contributed by atoms with Gasteiger partial charge in [0, 0.05) is 30.2 Å². The SMILES string of the molecule is CN(C(=O)C1CC(=O)N(c2cccc(Br)c2)C1)C(C)(C)C(=O)O. The molecule has 1 N–H and O–H groups in total. The van der Waals surface area contributed by atoms with Crippen molar-refractivity contribution in [3.8, 4) is 0 Å². The number of halogens is 1. The zero-order chi connectivity index (χ0) is 17.4. The van der Waals surface area contributed by atoms with Crippen LogP contribution >= 0.6 is 15.9 Å². The van der Waals surface area contributed by atoms with E-state index in [-0.39, 0.29) is 24.8 Å². The van der Waals surface area contributed by atoms with Gasteiger partial charge in [-0.3, -0.25) is 9.59 Å².